The van der Waals surface area contributed by atoms with Crippen LogP contribution in [0.5, 0.6) is 0 Å². The fourth-order valence-electron chi connectivity index (χ4n) is 3.24. The van der Waals surface area contributed by atoms with Crippen molar-refractivity contribution in [3.63, 3.8) is 0 Å². The van der Waals surface area contributed by atoms with E-state index >= 15 is 0 Å². The smallest absolute Gasteiger partial charge is 0.254 e. The molecule has 0 spiro atoms. The van der Waals surface area contributed by atoms with Gasteiger partial charge in [0.05, 0.1) is 11.8 Å². The summed E-state index contributed by atoms with van der Waals surface area (Å²) in [6, 6.07) is 16.1. The van der Waals surface area contributed by atoms with Crippen LogP contribution in [0.4, 0.5) is 11.5 Å². The summed E-state index contributed by atoms with van der Waals surface area (Å²) in [5.41, 5.74) is 2.82. The van der Waals surface area contributed by atoms with Gasteiger partial charge in [-0.2, -0.15) is 0 Å². The minimum atomic E-state index is -0.126. The van der Waals surface area contributed by atoms with Gasteiger partial charge in [-0.1, -0.05) is 18.2 Å². The number of hydrogen-bond acceptors (Lipinski definition) is 5. The minimum absolute atomic E-state index is 0.126. The van der Waals surface area contributed by atoms with Gasteiger partial charge in [0, 0.05) is 44.6 Å². The first-order valence-electron chi connectivity index (χ1n) is 9.10. The molecule has 0 atom stereocenters. The molecule has 1 saturated heterocycles. The molecule has 0 radical (unpaired) electrons. The molecule has 4 rings (SSSR count). The lowest BCUT2D eigenvalue weighted by molar-refractivity contribution is 0.0950. The number of pyridine rings is 1. The number of amides is 1. The highest BCUT2D eigenvalue weighted by Crippen LogP contribution is 2.19. The first-order chi connectivity index (χ1) is 13.3. The standard InChI is InChI=1S/C21H22N4O2/c26-21(18-8-14-27-16-18)23-15-17-4-6-19(7-5-17)24-10-12-25(13-11-24)20-3-1-2-9-22-20/h1-9,14,16H,10-13,15H2,(H,23,26). The summed E-state index contributed by atoms with van der Waals surface area (Å²) < 4.78 is 4.93. The molecule has 0 saturated carbocycles. The van der Waals surface area contributed by atoms with Crippen LogP contribution in [0, 0.1) is 0 Å². The Kier molecular flexibility index (Phi) is 5.05. The molecule has 1 aliphatic rings. The Bertz CT molecular complexity index is 855. The molecule has 6 nitrogen and oxygen atoms in total. The van der Waals surface area contributed by atoms with Gasteiger partial charge in [-0.25, -0.2) is 4.98 Å². The molecular formula is C21H22N4O2. The van der Waals surface area contributed by atoms with Gasteiger partial charge in [0.15, 0.2) is 0 Å². The Hall–Kier alpha value is -3.28. The summed E-state index contributed by atoms with van der Waals surface area (Å²) in [5.74, 6) is 0.916. The van der Waals surface area contributed by atoms with Gasteiger partial charge in [0.2, 0.25) is 0 Å². The average molecular weight is 362 g/mol. The lowest BCUT2D eigenvalue weighted by Gasteiger charge is -2.36. The van der Waals surface area contributed by atoms with Crippen molar-refractivity contribution < 1.29 is 9.21 Å². The second-order valence-corrected chi connectivity index (χ2v) is 6.52. The largest absolute Gasteiger partial charge is 0.472 e. The molecule has 138 valence electrons. The molecule has 6 heteroatoms. The van der Waals surface area contributed by atoms with Gasteiger partial charge >= 0.3 is 0 Å². The van der Waals surface area contributed by atoms with Crippen LogP contribution >= 0.6 is 0 Å². The van der Waals surface area contributed by atoms with Crippen LogP contribution < -0.4 is 15.1 Å². The number of carbonyl (C=O) groups is 1. The summed E-state index contributed by atoms with van der Waals surface area (Å²) in [7, 11) is 0. The lowest BCUT2D eigenvalue weighted by atomic mass is 10.1. The Labute approximate surface area is 158 Å². The summed E-state index contributed by atoms with van der Waals surface area (Å²) in [6.07, 6.45) is 4.78. The molecule has 27 heavy (non-hydrogen) atoms. The summed E-state index contributed by atoms with van der Waals surface area (Å²) in [4.78, 5) is 21.1. The SMILES string of the molecule is O=C(NCc1ccc(N2CCN(c3ccccn3)CC2)cc1)c1ccoc1. The predicted molar refractivity (Wildman–Crippen MR) is 105 cm³/mol. The predicted octanol–water partition coefficient (Wildman–Crippen LogP) is 2.93. The molecule has 1 fully saturated rings. The molecule has 0 bridgehead atoms. The fourth-order valence-corrected chi connectivity index (χ4v) is 3.24. The number of piperazine rings is 1. The van der Waals surface area contributed by atoms with E-state index in [1.54, 1.807) is 6.07 Å². The van der Waals surface area contributed by atoms with Crippen LogP contribution in [-0.4, -0.2) is 37.1 Å². The Morgan fingerprint density at radius 3 is 2.44 bits per heavy atom. The number of benzene rings is 1. The minimum Gasteiger partial charge on any atom is -0.472 e. The van der Waals surface area contributed by atoms with Crippen molar-refractivity contribution in [1.82, 2.24) is 10.3 Å². The van der Waals surface area contributed by atoms with Crippen molar-refractivity contribution >= 4 is 17.4 Å². The van der Waals surface area contributed by atoms with E-state index in [0.717, 1.165) is 37.6 Å². The number of carbonyl (C=O) groups excluding carboxylic acids is 1. The van der Waals surface area contributed by atoms with Crippen LogP contribution in [0.2, 0.25) is 0 Å². The maximum Gasteiger partial charge on any atom is 0.254 e. The number of aromatic nitrogens is 1. The van der Waals surface area contributed by atoms with E-state index in [0.29, 0.717) is 12.1 Å². The highest BCUT2D eigenvalue weighted by Gasteiger charge is 2.18. The molecule has 0 unspecified atom stereocenters. The van der Waals surface area contributed by atoms with Crippen molar-refractivity contribution in [3.05, 3.63) is 78.4 Å². The quantitative estimate of drug-likeness (QED) is 0.756. The number of anilines is 2. The molecule has 3 aromatic rings. The number of rotatable bonds is 5. The van der Waals surface area contributed by atoms with E-state index in [2.05, 4.69) is 50.4 Å². The van der Waals surface area contributed by atoms with Crippen LogP contribution in [0.15, 0.2) is 71.7 Å². The third-order valence-electron chi connectivity index (χ3n) is 4.79. The topological polar surface area (TPSA) is 61.6 Å². The third-order valence-corrected chi connectivity index (χ3v) is 4.79. The maximum absolute atomic E-state index is 12.0. The second kappa shape index (κ2) is 7.95. The van der Waals surface area contributed by atoms with Crippen molar-refractivity contribution in [3.8, 4) is 0 Å². The molecule has 1 amide bonds. The van der Waals surface area contributed by atoms with Crippen molar-refractivity contribution in [2.75, 3.05) is 36.0 Å². The summed E-state index contributed by atoms with van der Waals surface area (Å²) in [6.45, 7) is 4.34. The molecule has 3 heterocycles. The van der Waals surface area contributed by atoms with Crippen LogP contribution in [-0.2, 0) is 6.54 Å². The summed E-state index contributed by atoms with van der Waals surface area (Å²) in [5, 5.41) is 2.90. The molecule has 1 N–H and O–H groups in total. The van der Waals surface area contributed by atoms with Crippen LogP contribution in [0.25, 0.3) is 0 Å². The first-order valence-corrected chi connectivity index (χ1v) is 9.10. The van der Waals surface area contributed by atoms with E-state index < -0.39 is 0 Å². The van der Waals surface area contributed by atoms with Crippen molar-refractivity contribution in [2.45, 2.75) is 6.54 Å². The van der Waals surface area contributed by atoms with E-state index in [-0.39, 0.29) is 5.91 Å². The number of hydrogen-bond donors (Lipinski definition) is 1. The zero-order valence-electron chi connectivity index (χ0n) is 15.0. The molecule has 0 aliphatic carbocycles. The summed E-state index contributed by atoms with van der Waals surface area (Å²) >= 11 is 0. The highest BCUT2D eigenvalue weighted by atomic mass is 16.3. The molecule has 2 aromatic heterocycles. The zero-order chi connectivity index (χ0) is 18.5. The Morgan fingerprint density at radius 1 is 1.00 bits per heavy atom. The number of nitrogens with zero attached hydrogens (tertiary/aromatic N) is 3. The molecular weight excluding hydrogens is 340 g/mol. The molecule has 1 aromatic carbocycles. The van der Waals surface area contributed by atoms with Crippen molar-refractivity contribution in [1.29, 1.82) is 0 Å². The number of furan rings is 1. The van der Waals surface area contributed by atoms with E-state index in [9.17, 15) is 4.79 Å². The third kappa shape index (κ3) is 4.11. The highest BCUT2D eigenvalue weighted by molar-refractivity contribution is 5.93. The normalized spacial score (nSPS) is 14.2. The first kappa shape index (κ1) is 17.1. The van der Waals surface area contributed by atoms with E-state index in [4.69, 9.17) is 4.42 Å². The van der Waals surface area contributed by atoms with E-state index in [1.807, 2.05) is 18.3 Å². The van der Waals surface area contributed by atoms with Gasteiger partial charge in [0.25, 0.3) is 5.91 Å². The number of nitrogens with one attached hydrogen (secondary N) is 1. The van der Waals surface area contributed by atoms with Crippen molar-refractivity contribution in [2.24, 2.45) is 0 Å². The fraction of sp³-hybridized carbons (Fsp3) is 0.238. The zero-order valence-corrected chi connectivity index (χ0v) is 15.0. The molecule has 1 aliphatic heterocycles. The monoisotopic (exact) mass is 362 g/mol. The van der Waals surface area contributed by atoms with E-state index in [1.165, 1.54) is 18.2 Å². The van der Waals surface area contributed by atoms with Gasteiger partial charge in [-0.05, 0) is 35.9 Å². The second-order valence-electron chi connectivity index (χ2n) is 6.52. The Morgan fingerprint density at radius 2 is 1.78 bits per heavy atom. The van der Waals surface area contributed by atoms with Crippen LogP contribution in [0.3, 0.4) is 0 Å². The Balaban J connectivity index is 1.30. The van der Waals surface area contributed by atoms with Gasteiger partial charge in [-0.15, -0.1) is 0 Å². The van der Waals surface area contributed by atoms with Gasteiger partial charge < -0.3 is 19.5 Å². The van der Waals surface area contributed by atoms with Gasteiger partial charge in [0.1, 0.15) is 12.1 Å². The van der Waals surface area contributed by atoms with Gasteiger partial charge in [-0.3, -0.25) is 4.79 Å². The van der Waals surface area contributed by atoms with Crippen LogP contribution in [0.1, 0.15) is 15.9 Å². The lowest BCUT2D eigenvalue weighted by Crippen LogP contribution is -2.46. The maximum atomic E-state index is 12.0. The average Bonchev–Trinajstić information content (AvgIpc) is 3.28.